The second-order valence-corrected chi connectivity index (χ2v) is 8.94. The van der Waals surface area contributed by atoms with Gasteiger partial charge in [-0.3, -0.25) is 19.3 Å². The van der Waals surface area contributed by atoms with Crippen LogP contribution in [0, 0.1) is 0 Å². The van der Waals surface area contributed by atoms with Gasteiger partial charge in [0.2, 0.25) is 5.91 Å². The molecule has 1 aliphatic heterocycles. The summed E-state index contributed by atoms with van der Waals surface area (Å²) in [5.74, 6) is 0.660. The molecule has 0 radical (unpaired) electrons. The van der Waals surface area contributed by atoms with E-state index in [1.54, 1.807) is 30.5 Å². The van der Waals surface area contributed by atoms with Crippen molar-refractivity contribution < 1.29 is 18.8 Å². The Morgan fingerprint density at radius 3 is 2.39 bits per heavy atom. The zero-order chi connectivity index (χ0) is 21.8. The first-order valence-corrected chi connectivity index (χ1v) is 11.7. The van der Waals surface area contributed by atoms with Gasteiger partial charge in [-0.05, 0) is 42.7 Å². The van der Waals surface area contributed by atoms with Crippen LogP contribution in [0.25, 0.3) is 5.57 Å². The van der Waals surface area contributed by atoms with Crippen molar-refractivity contribution in [2.75, 3.05) is 5.32 Å². The van der Waals surface area contributed by atoms with Gasteiger partial charge in [0.25, 0.3) is 11.8 Å². The predicted molar refractivity (Wildman–Crippen MR) is 121 cm³/mol. The first kappa shape index (κ1) is 21.4. The van der Waals surface area contributed by atoms with Crippen LogP contribution in [0.1, 0.15) is 56.8 Å². The van der Waals surface area contributed by atoms with Crippen LogP contribution >= 0.6 is 11.8 Å². The zero-order valence-electron chi connectivity index (χ0n) is 17.6. The van der Waals surface area contributed by atoms with E-state index in [0.717, 1.165) is 44.3 Å². The molecule has 2 aromatic rings. The maximum atomic E-state index is 13.5. The third kappa shape index (κ3) is 4.77. The van der Waals surface area contributed by atoms with Crippen molar-refractivity contribution in [2.24, 2.45) is 0 Å². The van der Waals surface area contributed by atoms with E-state index in [1.165, 1.54) is 23.6 Å². The summed E-state index contributed by atoms with van der Waals surface area (Å²) < 4.78 is 5.42. The molecule has 31 heavy (non-hydrogen) atoms. The summed E-state index contributed by atoms with van der Waals surface area (Å²) >= 11 is 1.35. The highest BCUT2D eigenvalue weighted by Gasteiger charge is 2.42. The van der Waals surface area contributed by atoms with Crippen LogP contribution in [0.15, 0.2) is 52.0 Å². The summed E-state index contributed by atoms with van der Waals surface area (Å²) in [5.41, 5.74) is 1.78. The number of benzene rings is 1. The molecule has 0 saturated heterocycles. The minimum absolute atomic E-state index is 0.0436. The van der Waals surface area contributed by atoms with E-state index in [9.17, 15) is 14.4 Å². The molecule has 0 bridgehead atoms. The molecule has 2 heterocycles. The first-order valence-electron chi connectivity index (χ1n) is 10.7. The standard InChI is InChI=1S/C24H26N2O4S/c1-16(27)25-18-12-10-17(11-13-18)21-22(31-15-20-9-6-14-30-20)24(29)26(23(21)28)19-7-4-2-3-5-8-19/h6,9-14,19H,2-5,7-8,15H2,1H3,(H,25,27). The van der Waals surface area contributed by atoms with Gasteiger partial charge in [-0.2, -0.15) is 0 Å². The Bertz CT molecular complexity index is 987. The zero-order valence-corrected chi connectivity index (χ0v) is 18.4. The third-order valence-electron chi connectivity index (χ3n) is 5.70. The van der Waals surface area contributed by atoms with E-state index in [0.29, 0.717) is 27.5 Å². The number of carbonyl (C=O) groups excluding carboxylic acids is 3. The normalized spacial score (nSPS) is 17.9. The molecule has 3 amide bonds. The molecule has 1 fully saturated rings. The number of hydrogen-bond acceptors (Lipinski definition) is 5. The van der Waals surface area contributed by atoms with Crippen molar-refractivity contribution in [3.8, 4) is 0 Å². The largest absolute Gasteiger partial charge is 0.468 e. The summed E-state index contributed by atoms with van der Waals surface area (Å²) in [6.07, 6.45) is 7.71. The molecule has 2 aliphatic rings. The average Bonchev–Trinajstić information content (AvgIpc) is 3.24. The second-order valence-electron chi connectivity index (χ2n) is 7.96. The predicted octanol–water partition coefficient (Wildman–Crippen LogP) is 4.97. The Morgan fingerprint density at radius 1 is 1.06 bits per heavy atom. The van der Waals surface area contributed by atoms with Gasteiger partial charge in [-0.1, -0.05) is 37.8 Å². The molecule has 6 nitrogen and oxygen atoms in total. The molecule has 7 heteroatoms. The Balaban J connectivity index is 1.65. The summed E-state index contributed by atoms with van der Waals surface area (Å²) in [4.78, 5) is 40.2. The number of imide groups is 1. The summed E-state index contributed by atoms with van der Waals surface area (Å²) in [5, 5.41) is 2.73. The summed E-state index contributed by atoms with van der Waals surface area (Å²) in [6.45, 7) is 1.45. The molecule has 1 aliphatic carbocycles. The Hall–Kier alpha value is -2.80. The smallest absolute Gasteiger partial charge is 0.268 e. The van der Waals surface area contributed by atoms with Crippen molar-refractivity contribution in [2.45, 2.75) is 57.2 Å². The topological polar surface area (TPSA) is 79.6 Å². The van der Waals surface area contributed by atoms with Crippen LogP contribution < -0.4 is 5.32 Å². The van der Waals surface area contributed by atoms with Gasteiger partial charge >= 0.3 is 0 Å². The molecule has 0 spiro atoms. The van der Waals surface area contributed by atoms with Gasteiger partial charge in [-0.15, -0.1) is 11.8 Å². The fraction of sp³-hybridized carbons (Fsp3) is 0.375. The van der Waals surface area contributed by atoms with Crippen molar-refractivity contribution in [3.63, 3.8) is 0 Å². The minimum atomic E-state index is -0.217. The van der Waals surface area contributed by atoms with E-state index in [1.807, 2.05) is 12.1 Å². The molecular weight excluding hydrogens is 412 g/mol. The lowest BCUT2D eigenvalue weighted by Gasteiger charge is -2.25. The summed E-state index contributed by atoms with van der Waals surface area (Å²) in [7, 11) is 0. The number of nitrogens with zero attached hydrogens (tertiary/aromatic N) is 1. The number of anilines is 1. The van der Waals surface area contributed by atoms with E-state index in [2.05, 4.69) is 5.32 Å². The van der Waals surface area contributed by atoms with E-state index < -0.39 is 0 Å². The molecule has 1 aromatic carbocycles. The maximum absolute atomic E-state index is 13.5. The molecule has 1 aromatic heterocycles. The lowest BCUT2D eigenvalue weighted by Crippen LogP contribution is -2.40. The van der Waals surface area contributed by atoms with Crippen LogP contribution in [0.2, 0.25) is 0 Å². The Morgan fingerprint density at radius 2 is 1.77 bits per heavy atom. The van der Waals surface area contributed by atoms with Crippen molar-refractivity contribution in [1.82, 2.24) is 4.90 Å². The number of nitrogens with one attached hydrogen (secondary N) is 1. The fourth-order valence-corrected chi connectivity index (χ4v) is 5.25. The molecular formula is C24H26N2O4S. The Labute approximate surface area is 186 Å². The van der Waals surface area contributed by atoms with Gasteiger partial charge in [0.05, 0.1) is 22.5 Å². The van der Waals surface area contributed by atoms with Gasteiger partial charge < -0.3 is 9.73 Å². The molecule has 4 rings (SSSR count). The highest BCUT2D eigenvalue weighted by atomic mass is 32.2. The quantitative estimate of drug-likeness (QED) is 0.509. The highest BCUT2D eigenvalue weighted by Crippen LogP contribution is 2.40. The van der Waals surface area contributed by atoms with E-state index in [4.69, 9.17) is 4.42 Å². The molecule has 1 N–H and O–H groups in total. The highest BCUT2D eigenvalue weighted by molar-refractivity contribution is 8.03. The van der Waals surface area contributed by atoms with Crippen LogP contribution in [-0.2, 0) is 20.1 Å². The van der Waals surface area contributed by atoms with Gasteiger partial charge in [-0.25, -0.2) is 0 Å². The monoisotopic (exact) mass is 438 g/mol. The lowest BCUT2D eigenvalue weighted by atomic mass is 10.0. The van der Waals surface area contributed by atoms with Gasteiger partial charge in [0.15, 0.2) is 0 Å². The third-order valence-corrected chi connectivity index (χ3v) is 6.79. The van der Waals surface area contributed by atoms with E-state index in [-0.39, 0.29) is 23.8 Å². The number of furan rings is 1. The second kappa shape index (κ2) is 9.56. The molecule has 162 valence electrons. The fourth-order valence-electron chi connectivity index (χ4n) is 4.22. The molecule has 0 unspecified atom stereocenters. The Kier molecular flexibility index (Phi) is 6.61. The number of thioether (sulfide) groups is 1. The van der Waals surface area contributed by atoms with Gasteiger partial charge in [0, 0.05) is 18.7 Å². The van der Waals surface area contributed by atoms with Crippen LogP contribution in [0.4, 0.5) is 5.69 Å². The van der Waals surface area contributed by atoms with Crippen molar-refractivity contribution >= 4 is 40.7 Å². The number of hydrogen-bond donors (Lipinski definition) is 1. The molecule has 0 atom stereocenters. The lowest BCUT2D eigenvalue weighted by molar-refractivity contribution is -0.139. The van der Waals surface area contributed by atoms with Crippen molar-refractivity contribution in [1.29, 1.82) is 0 Å². The molecule has 1 saturated carbocycles. The first-order chi connectivity index (χ1) is 15.0. The van der Waals surface area contributed by atoms with Gasteiger partial charge in [0.1, 0.15) is 5.76 Å². The van der Waals surface area contributed by atoms with Crippen LogP contribution in [0.3, 0.4) is 0 Å². The maximum Gasteiger partial charge on any atom is 0.268 e. The average molecular weight is 439 g/mol. The number of rotatable bonds is 6. The number of amides is 3. The van der Waals surface area contributed by atoms with Crippen LogP contribution in [0.5, 0.6) is 0 Å². The summed E-state index contributed by atoms with van der Waals surface area (Å²) in [6, 6.07) is 10.7. The minimum Gasteiger partial charge on any atom is -0.468 e. The van der Waals surface area contributed by atoms with Crippen LogP contribution in [-0.4, -0.2) is 28.7 Å². The van der Waals surface area contributed by atoms with E-state index >= 15 is 0 Å². The SMILES string of the molecule is CC(=O)Nc1ccc(C2=C(SCc3ccco3)C(=O)N(C3CCCCCC3)C2=O)cc1. The number of carbonyl (C=O) groups is 3. The van der Waals surface area contributed by atoms with Crippen molar-refractivity contribution in [3.05, 3.63) is 58.9 Å².